The molecule has 1 amide bonds. The van der Waals surface area contributed by atoms with Crippen molar-refractivity contribution in [2.45, 2.75) is 25.4 Å². The molecular weight excluding hydrogens is 533 g/mol. The van der Waals surface area contributed by atoms with Gasteiger partial charge in [0.25, 0.3) is 0 Å². The molecule has 6 aromatic rings. The van der Waals surface area contributed by atoms with Gasteiger partial charge in [-0.15, -0.1) is 32.9 Å². The smallest absolute Gasteiger partial charge is 0.238 e. The van der Waals surface area contributed by atoms with Gasteiger partial charge in [0.1, 0.15) is 10.7 Å². The van der Waals surface area contributed by atoms with Gasteiger partial charge in [0.05, 0.1) is 16.8 Å². The number of thioether (sulfide) groups is 1. The molecule has 0 saturated heterocycles. The molecule has 10 heteroatoms. The zero-order valence-corrected chi connectivity index (χ0v) is 23.5. The number of hydrogen-bond donors (Lipinski definition) is 0. The van der Waals surface area contributed by atoms with Crippen molar-refractivity contribution in [3.8, 4) is 11.3 Å². The second kappa shape index (κ2) is 10.3. The number of fused-ring (bicyclic) bond motifs is 3. The third-order valence-electron chi connectivity index (χ3n) is 6.46. The number of aryl methyl sites for hydroxylation is 2. The molecule has 0 aliphatic rings. The largest absolute Gasteiger partial charge is 0.291 e. The summed E-state index contributed by atoms with van der Waals surface area (Å²) in [6.45, 7) is 4.21. The number of thiophene rings is 1. The Morgan fingerprint density at radius 1 is 1.00 bits per heavy atom. The summed E-state index contributed by atoms with van der Waals surface area (Å²) in [6.07, 6.45) is 0.643. The summed E-state index contributed by atoms with van der Waals surface area (Å²) in [5.74, 6) is 1.02. The van der Waals surface area contributed by atoms with Gasteiger partial charge in [0.2, 0.25) is 5.91 Å². The number of rotatable bonds is 7. The van der Waals surface area contributed by atoms with Crippen molar-refractivity contribution < 1.29 is 4.79 Å². The average molecular weight is 557 g/mol. The van der Waals surface area contributed by atoms with Gasteiger partial charge in [-0.25, -0.2) is 9.97 Å². The fraction of sp³-hybridized carbons (Fsp3) is 0.179. The lowest BCUT2D eigenvalue weighted by Crippen LogP contribution is -2.27. The highest BCUT2D eigenvalue weighted by Crippen LogP contribution is 2.34. The van der Waals surface area contributed by atoms with Crippen LogP contribution in [0.25, 0.3) is 27.1 Å². The average Bonchev–Trinajstić information content (AvgIpc) is 3.66. The highest BCUT2D eigenvalue weighted by atomic mass is 32.2. The van der Waals surface area contributed by atoms with Gasteiger partial charge in [-0.3, -0.25) is 14.1 Å². The van der Waals surface area contributed by atoms with E-state index in [1.54, 1.807) is 23.3 Å². The van der Waals surface area contributed by atoms with Crippen LogP contribution >= 0.6 is 34.4 Å². The second-order valence-electron chi connectivity index (χ2n) is 8.92. The molecular formula is C28H24N6OS3. The zero-order chi connectivity index (χ0) is 26.2. The van der Waals surface area contributed by atoms with Crippen molar-refractivity contribution >= 4 is 61.3 Å². The highest BCUT2D eigenvalue weighted by molar-refractivity contribution is 7.99. The van der Waals surface area contributed by atoms with Gasteiger partial charge in [-0.1, -0.05) is 72.4 Å². The van der Waals surface area contributed by atoms with E-state index in [1.807, 2.05) is 58.3 Å². The predicted molar refractivity (Wildman–Crippen MR) is 157 cm³/mol. The lowest BCUT2D eigenvalue weighted by Gasteiger charge is -2.13. The van der Waals surface area contributed by atoms with Crippen molar-refractivity contribution in [2.24, 2.45) is 0 Å². The number of anilines is 1. The van der Waals surface area contributed by atoms with E-state index in [9.17, 15) is 4.79 Å². The van der Waals surface area contributed by atoms with Crippen LogP contribution in [0.3, 0.4) is 0 Å². The van der Waals surface area contributed by atoms with Gasteiger partial charge in [0, 0.05) is 29.3 Å². The molecule has 6 rings (SSSR count). The molecule has 4 heterocycles. The Morgan fingerprint density at radius 3 is 2.50 bits per heavy atom. The fourth-order valence-corrected chi connectivity index (χ4v) is 6.99. The van der Waals surface area contributed by atoms with E-state index in [2.05, 4.69) is 41.2 Å². The van der Waals surface area contributed by atoms with E-state index in [0.29, 0.717) is 16.7 Å². The van der Waals surface area contributed by atoms with E-state index in [0.717, 1.165) is 38.5 Å². The molecule has 0 spiro atoms. The highest BCUT2D eigenvalue weighted by Gasteiger charge is 2.22. The Morgan fingerprint density at radius 2 is 1.74 bits per heavy atom. The SMILES string of the molecule is Cc1sc2nc(Cc3ccccc3)n3c(SCC(=O)N(C)c4nc(-c5ccccc5)cs4)nnc3c2c1C. The number of benzene rings is 2. The summed E-state index contributed by atoms with van der Waals surface area (Å²) in [6, 6.07) is 20.2. The molecule has 4 aromatic heterocycles. The molecule has 0 saturated carbocycles. The first-order valence-corrected chi connectivity index (χ1v) is 14.8. The topological polar surface area (TPSA) is 76.3 Å². The minimum Gasteiger partial charge on any atom is -0.291 e. The molecule has 0 aliphatic heterocycles. The number of carbonyl (C=O) groups excluding carboxylic acids is 1. The normalized spacial score (nSPS) is 11.4. The molecule has 38 heavy (non-hydrogen) atoms. The van der Waals surface area contributed by atoms with E-state index >= 15 is 0 Å². The van der Waals surface area contributed by atoms with Crippen LogP contribution in [-0.4, -0.2) is 43.3 Å². The Hall–Kier alpha value is -3.60. The van der Waals surface area contributed by atoms with Crippen LogP contribution < -0.4 is 4.90 Å². The van der Waals surface area contributed by atoms with E-state index in [-0.39, 0.29) is 11.7 Å². The molecule has 0 aliphatic carbocycles. The Kier molecular flexibility index (Phi) is 6.69. The molecule has 0 bridgehead atoms. The Balaban J connectivity index is 1.29. The number of amides is 1. The first-order valence-electron chi connectivity index (χ1n) is 12.1. The van der Waals surface area contributed by atoms with Gasteiger partial charge in [-0.05, 0) is 25.0 Å². The maximum atomic E-state index is 13.2. The summed E-state index contributed by atoms with van der Waals surface area (Å²) in [4.78, 5) is 26.7. The van der Waals surface area contributed by atoms with Crippen LogP contribution in [0, 0.1) is 13.8 Å². The maximum absolute atomic E-state index is 13.2. The van der Waals surface area contributed by atoms with Crippen LogP contribution in [-0.2, 0) is 11.2 Å². The molecule has 190 valence electrons. The van der Waals surface area contributed by atoms with Crippen molar-refractivity contribution in [1.29, 1.82) is 0 Å². The number of nitrogens with zero attached hydrogens (tertiary/aromatic N) is 6. The van der Waals surface area contributed by atoms with E-state index in [1.165, 1.54) is 33.5 Å². The summed E-state index contributed by atoms with van der Waals surface area (Å²) < 4.78 is 2.02. The summed E-state index contributed by atoms with van der Waals surface area (Å²) in [5.41, 5.74) is 5.02. The molecule has 7 nitrogen and oxygen atoms in total. The number of carbonyl (C=O) groups is 1. The van der Waals surface area contributed by atoms with Crippen LogP contribution in [0.15, 0.2) is 71.2 Å². The Labute approximate surface area is 232 Å². The van der Waals surface area contributed by atoms with Crippen molar-refractivity contribution in [1.82, 2.24) is 24.6 Å². The van der Waals surface area contributed by atoms with Gasteiger partial charge < -0.3 is 0 Å². The predicted octanol–water partition coefficient (Wildman–Crippen LogP) is 6.43. The van der Waals surface area contributed by atoms with Crippen LogP contribution in [0.1, 0.15) is 21.8 Å². The standard InChI is InChI=1S/C28H24N6OS3/c1-17-18(2)38-26-24(17)25-31-32-28(34(25)22(30-26)14-19-10-6-4-7-11-19)37-16-23(35)33(3)27-29-21(15-36-27)20-12-8-5-9-13-20/h4-13,15H,14,16H2,1-3H3. The summed E-state index contributed by atoms with van der Waals surface area (Å²) >= 11 is 4.52. The quantitative estimate of drug-likeness (QED) is 0.211. The fourth-order valence-electron chi connectivity index (χ4n) is 4.26. The third-order valence-corrected chi connectivity index (χ3v) is 9.40. The van der Waals surface area contributed by atoms with Gasteiger partial charge in [-0.2, -0.15) is 0 Å². The van der Waals surface area contributed by atoms with E-state index < -0.39 is 0 Å². The maximum Gasteiger partial charge on any atom is 0.238 e. The molecule has 0 atom stereocenters. The molecule has 0 N–H and O–H groups in total. The molecule has 0 fully saturated rings. The van der Waals surface area contributed by atoms with Crippen molar-refractivity contribution in [2.75, 3.05) is 17.7 Å². The van der Waals surface area contributed by atoms with Crippen LogP contribution in [0.4, 0.5) is 5.13 Å². The summed E-state index contributed by atoms with van der Waals surface area (Å²) in [7, 11) is 1.77. The number of hydrogen-bond acceptors (Lipinski definition) is 8. The number of thiazole rings is 1. The molecule has 2 aromatic carbocycles. The zero-order valence-electron chi connectivity index (χ0n) is 21.1. The van der Waals surface area contributed by atoms with Crippen LogP contribution in [0.5, 0.6) is 0 Å². The van der Waals surface area contributed by atoms with Gasteiger partial charge >= 0.3 is 0 Å². The molecule has 0 radical (unpaired) electrons. The monoisotopic (exact) mass is 556 g/mol. The van der Waals surface area contributed by atoms with E-state index in [4.69, 9.17) is 4.98 Å². The van der Waals surface area contributed by atoms with Crippen molar-refractivity contribution in [3.63, 3.8) is 0 Å². The first kappa shape index (κ1) is 24.7. The third kappa shape index (κ3) is 4.59. The lowest BCUT2D eigenvalue weighted by molar-refractivity contribution is -0.115. The second-order valence-corrected chi connectivity index (χ2v) is 11.9. The van der Waals surface area contributed by atoms with Crippen molar-refractivity contribution in [3.05, 3.63) is 87.9 Å². The Bertz CT molecular complexity index is 1760. The molecule has 0 unspecified atom stereocenters. The minimum absolute atomic E-state index is 0.0538. The van der Waals surface area contributed by atoms with Gasteiger partial charge in [0.15, 0.2) is 15.9 Å². The number of aromatic nitrogens is 5. The lowest BCUT2D eigenvalue weighted by atomic mass is 10.1. The summed E-state index contributed by atoms with van der Waals surface area (Å²) in [5, 5.41) is 13.4. The minimum atomic E-state index is -0.0538. The first-order chi connectivity index (χ1) is 18.5. The van der Waals surface area contributed by atoms with Crippen LogP contribution in [0.2, 0.25) is 0 Å².